The number of hydrogen-bond donors (Lipinski definition) is 1. The van der Waals surface area contributed by atoms with E-state index < -0.39 is 0 Å². The molecule has 1 atom stereocenters. The van der Waals surface area contributed by atoms with Crippen LogP contribution in [0.4, 0.5) is 0 Å². The molecule has 0 spiro atoms. The molecule has 1 rings (SSSR count). The minimum Gasteiger partial charge on any atom is -0.324 e. The summed E-state index contributed by atoms with van der Waals surface area (Å²) in [5.74, 6) is 0. The lowest BCUT2D eigenvalue weighted by molar-refractivity contribution is 0.806. The summed E-state index contributed by atoms with van der Waals surface area (Å²) in [5, 5.41) is 0. The Balaban J connectivity index is 0.000001000. The lowest BCUT2D eigenvalue weighted by Gasteiger charge is -2.06. The molecular formula is C8H13ClN2. The normalized spacial score (nSPS) is 11.9. The number of pyridine rings is 1. The third-order valence-corrected chi connectivity index (χ3v) is 1.55. The summed E-state index contributed by atoms with van der Waals surface area (Å²) in [7, 11) is 0. The average Bonchev–Trinajstić information content (AvgIpc) is 1.88. The quantitative estimate of drug-likeness (QED) is 0.702. The number of rotatable bonds is 1. The van der Waals surface area contributed by atoms with Crippen LogP contribution in [-0.4, -0.2) is 4.98 Å². The number of hydrogen-bond acceptors (Lipinski definition) is 2. The minimum absolute atomic E-state index is 0. The van der Waals surface area contributed by atoms with Crippen molar-refractivity contribution < 1.29 is 0 Å². The molecule has 3 heteroatoms. The van der Waals surface area contributed by atoms with Gasteiger partial charge in [-0.05, 0) is 31.0 Å². The van der Waals surface area contributed by atoms with E-state index >= 15 is 0 Å². The molecule has 2 N–H and O–H groups in total. The van der Waals surface area contributed by atoms with Crippen molar-refractivity contribution in [2.45, 2.75) is 19.9 Å². The second kappa shape index (κ2) is 4.31. The van der Waals surface area contributed by atoms with Gasteiger partial charge in [0.15, 0.2) is 0 Å². The smallest absolute Gasteiger partial charge is 0.0300 e. The number of nitrogens with two attached hydrogens (primary N) is 1. The largest absolute Gasteiger partial charge is 0.324 e. The fourth-order valence-corrected chi connectivity index (χ4v) is 0.995. The van der Waals surface area contributed by atoms with Gasteiger partial charge in [-0.15, -0.1) is 12.4 Å². The summed E-state index contributed by atoms with van der Waals surface area (Å²) >= 11 is 0. The second-order valence-corrected chi connectivity index (χ2v) is 2.52. The monoisotopic (exact) mass is 172 g/mol. The molecular weight excluding hydrogens is 160 g/mol. The molecule has 0 saturated heterocycles. The lowest BCUT2D eigenvalue weighted by Crippen LogP contribution is -2.06. The molecule has 0 saturated carbocycles. The van der Waals surface area contributed by atoms with Gasteiger partial charge in [-0.25, -0.2) is 0 Å². The van der Waals surface area contributed by atoms with E-state index in [4.69, 9.17) is 5.73 Å². The van der Waals surface area contributed by atoms with Gasteiger partial charge in [-0.3, -0.25) is 4.98 Å². The van der Waals surface area contributed by atoms with Crippen LogP contribution in [0.5, 0.6) is 0 Å². The number of aromatic nitrogens is 1. The van der Waals surface area contributed by atoms with E-state index in [0.717, 1.165) is 5.56 Å². The van der Waals surface area contributed by atoms with Crippen molar-refractivity contribution in [3.63, 3.8) is 0 Å². The highest BCUT2D eigenvalue weighted by Gasteiger charge is 2.00. The first kappa shape index (κ1) is 10.4. The van der Waals surface area contributed by atoms with E-state index in [2.05, 4.69) is 4.98 Å². The van der Waals surface area contributed by atoms with Gasteiger partial charge in [0.2, 0.25) is 0 Å². The summed E-state index contributed by atoms with van der Waals surface area (Å²) in [6.07, 6.45) is 3.60. The predicted molar refractivity (Wildman–Crippen MR) is 48.8 cm³/mol. The Morgan fingerprint density at radius 1 is 1.55 bits per heavy atom. The minimum atomic E-state index is 0. The van der Waals surface area contributed by atoms with Crippen LogP contribution in [0.25, 0.3) is 0 Å². The van der Waals surface area contributed by atoms with Crippen molar-refractivity contribution in [1.82, 2.24) is 4.98 Å². The Bertz CT molecular complexity index is 223. The molecule has 0 aliphatic rings. The van der Waals surface area contributed by atoms with Crippen LogP contribution in [0.15, 0.2) is 18.5 Å². The van der Waals surface area contributed by atoms with Crippen molar-refractivity contribution in [3.05, 3.63) is 29.6 Å². The topological polar surface area (TPSA) is 38.9 Å². The Morgan fingerprint density at radius 3 is 2.55 bits per heavy atom. The maximum Gasteiger partial charge on any atom is 0.0300 e. The summed E-state index contributed by atoms with van der Waals surface area (Å²) in [5.41, 5.74) is 8.03. The average molecular weight is 173 g/mol. The maximum atomic E-state index is 5.69. The van der Waals surface area contributed by atoms with Crippen LogP contribution in [0.3, 0.4) is 0 Å². The van der Waals surface area contributed by atoms with Crippen molar-refractivity contribution in [2.75, 3.05) is 0 Å². The zero-order valence-corrected chi connectivity index (χ0v) is 7.56. The molecule has 0 radical (unpaired) electrons. The third kappa shape index (κ3) is 2.48. The fourth-order valence-electron chi connectivity index (χ4n) is 0.995. The summed E-state index contributed by atoms with van der Waals surface area (Å²) in [4.78, 5) is 3.97. The summed E-state index contributed by atoms with van der Waals surface area (Å²) < 4.78 is 0. The second-order valence-electron chi connectivity index (χ2n) is 2.52. The Morgan fingerprint density at radius 2 is 2.18 bits per heavy atom. The molecule has 0 unspecified atom stereocenters. The van der Waals surface area contributed by atoms with E-state index in [1.165, 1.54) is 5.56 Å². The summed E-state index contributed by atoms with van der Waals surface area (Å²) in [6.45, 7) is 3.99. The summed E-state index contributed by atoms with van der Waals surface area (Å²) in [6, 6.07) is 2.07. The van der Waals surface area contributed by atoms with Gasteiger partial charge in [-0.1, -0.05) is 0 Å². The molecule has 62 valence electrons. The van der Waals surface area contributed by atoms with Crippen molar-refractivity contribution >= 4 is 12.4 Å². The van der Waals surface area contributed by atoms with E-state index in [-0.39, 0.29) is 18.4 Å². The van der Waals surface area contributed by atoms with Crippen molar-refractivity contribution in [3.8, 4) is 0 Å². The molecule has 2 nitrogen and oxygen atoms in total. The van der Waals surface area contributed by atoms with Gasteiger partial charge in [0, 0.05) is 18.4 Å². The molecule has 1 aromatic rings. The van der Waals surface area contributed by atoms with Crippen LogP contribution in [0.2, 0.25) is 0 Å². The standard InChI is InChI=1S/C8H12N2.ClH/c1-6-5-10-4-3-8(6)7(2)9;/h3-5,7H,9H2,1-2H3;1H/t7-;/m0./s1. The van der Waals surface area contributed by atoms with Crippen molar-refractivity contribution in [2.24, 2.45) is 5.73 Å². The zero-order chi connectivity index (χ0) is 7.56. The molecule has 11 heavy (non-hydrogen) atoms. The molecule has 1 heterocycles. The third-order valence-electron chi connectivity index (χ3n) is 1.55. The first-order valence-electron chi connectivity index (χ1n) is 3.38. The van der Waals surface area contributed by atoms with Crippen LogP contribution in [0.1, 0.15) is 24.1 Å². The molecule has 0 aliphatic carbocycles. The molecule has 0 fully saturated rings. The van der Waals surface area contributed by atoms with E-state index in [9.17, 15) is 0 Å². The molecule has 0 aromatic carbocycles. The Labute approximate surface area is 73.2 Å². The maximum absolute atomic E-state index is 5.69. The van der Waals surface area contributed by atoms with E-state index in [1.807, 2.05) is 26.1 Å². The molecule has 0 aliphatic heterocycles. The van der Waals surface area contributed by atoms with Crippen LogP contribution in [-0.2, 0) is 0 Å². The fraction of sp³-hybridized carbons (Fsp3) is 0.375. The van der Waals surface area contributed by atoms with Crippen LogP contribution in [0, 0.1) is 6.92 Å². The zero-order valence-electron chi connectivity index (χ0n) is 6.74. The van der Waals surface area contributed by atoms with Gasteiger partial charge in [0.1, 0.15) is 0 Å². The highest BCUT2D eigenvalue weighted by Crippen LogP contribution is 2.11. The molecule has 0 amide bonds. The molecule has 1 aromatic heterocycles. The van der Waals surface area contributed by atoms with Gasteiger partial charge < -0.3 is 5.73 Å². The van der Waals surface area contributed by atoms with Crippen LogP contribution >= 0.6 is 12.4 Å². The van der Waals surface area contributed by atoms with Crippen LogP contribution < -0.4 is 5.73 Å². The van der Waals surface area contributed by atoms with E-state index in [0.29, 0.717) is 0 Å². The highest BCUT2D eigenvalue weighted by molar-refractivity contribution is 5.85. The number of halogens is 1. The SMILES string of the molecule is Cc1cnccc1[C@H](C)N.Cl. The lowest BCUT2D eigenvalue weighted by atomic mass is 10.1. The van der Waals surface area contributed by atoms with Gasteiger partial charge >= 0.3 is 0 Å². The van der Waals surface area contributed by atoms with Crippen molar-refractivity contribution in [1.29, 1.82) is 0 Å². The first-order chi connectivity index (χ1) is 4.72. The van der Waals surface area contributed by atoms with E-state index in [1.54, 1.807) is 6.20 Å². The van der Waals surface area contributed by atoms with Gasteiger partial charge in [-0.2, -0.15) is 0 Å². The highest BCUT2D eigenvalue weighted by atomic mass is 35.5. The Kier molecular flexibility index (Phi) is 4.08. The molecule has 0 bridgehead atoms. The Hall–Kier alpha value is -0.600. The number of nitrogens with zero attached hydrogens (tertiary/aromatic N) is 1. The number of aryl methyl sites for hydroxylation is 1. The van der Waals surface area contributed by atoms with Gasteiger partial charge in [0.25, 0.3) is 0 Å². The van der Waals surface area contributed by atoms with Gasteiger partial charge in [0.05, 0.1) is 0 Å². The predicted octanol–water partition coefficient (Wildman–Crippen LogP) is 1.83. The first-order valence-corrected chi connectivity index (χ1v) is 3.38.